The smallest absolute Gasteiger partial charge is 0.407 e. The number of carbonyl (C=O) groups excluding carboxylic acids is 4. The lowest BCUT2D eigenvalue weighted by molar-refractivity contribution is -0.146. The van der Waals surface area contributed by atoms with Gasteiger partial charge in [-0.2, -0.15) is 0 Å². The highest BCUT2D eigenvalue weighted by molar-refractivity contribution is 6.12. The number of hydrogen-bond acceptors (Lipinski definition) is 8. The fraction of sp³-hybridized carbons (Fsp3) is 0.417. The molecule has 266 valence electrons. The number of ether oxygens (including phenoxy) is 1. The number of nitrogens with one attached hydrogen (secondary N) is 2. The number of aromatic nitrogens is 2. The molecule has 2 aromatic carbocycles. The van der Waals surface area contributed by atoms with Crippen LogP contribution in [-0.2, 0) is 25.7 Å². The van der Waals surface area contributed by atoms with Crippen LogP contribution in [0, 0.1) is 23.0 Å². The fourth-order valence-electron chi connectivity index (χ4n) is 6.32. The highest BCUT2D eigenvalue weighted by atomic mass is 19.1. The zero-order valence-corrected chi connectivity index (χ0v) is 28.4. The van der Waals surface area contributed by atoms with Gasteiger partial charge in [-0.05, 0) is 36.1 Å². The highest BCUT2D eigenvalue weighted by Gasteiger charge is 2.43. The average Bonchev–Trinajstić information content (AvgIpc) is 3.76. The van der Waals surface area contributed by atoms with Crippen LogP contribution in [0.5, 0.6) is 0 Å². The quantitative estimate of drug-likeness (QED) is 0.245. The second kappa shape index (κ2) is 15.3. The number of hydrogen-bond donors (Lipinski definition) is 3. The summed E-state index contributed by atoms with van der Waals surface area (Å²) in [6, 6.07) is 11.9. The third-order valence-corrected chi connectivity index (χ3v) is 8.70. The van der Waals surface area contributed by atoms with Crippen LogP contribution in [0.15, 0.2) is 66.9 Å². The van der Waals surface area contributed by atoms with Gasteiger partial charge in [-0.25, -0.2) is 18.6 Å². The van der Waals surface area contributed by atoms with Gasteiger partial charge in [-0.1, -0.05) is 51.1 Å². The van der Waals surface area contributed by atoms with Crippen molar-refractivity contribution in [2.45, 2.75) is 52.5 Å². The van der Waals surface area contributed by atoms with Crippen LogP contribution in [0.4, 0.5) is 13.6 Å². The minimum absolute atomic E-state index is 0.0140. The number of aliphatic hydroxyl groups is 1. The Kier molecular flexibility index (Phi) is 11.1. The van der Waals surface area contributed by atoms with Gasteiger partial charge in [0.2, 0.25) is 0 Å². The molecule has 2 aliphatic rings. The van der Waals surface area contributed by atoms with E-state index in [0.29, 0.717) is 25.5 Å². The van der Waals surface area contributed by atoms with Crippen LogP contribution in [0.2, 0.25) is 0 Å². The molecule has 3 heterocycles. The summed E-state index contributed by atoms with van der Waals surface area (Å²) >= 11 is 0. The summed E-state index contributed by atoms with van der Waals surface area (Å²) in [4.78, 5) is 57.7. The van der Waals surface area contributed by atoms with Gasteiger partial charge in [0.05, 0.1) is 11.7 Å². The van der Waals surface area contributed by atoms with Crippen LogP contribution in [0.1, 0.15) is 45.1 Å². The molecule has 0 saturated carbocycles. The molecule has 3 aromatic rings. The molecule has 1 saturated heterocycles. The van der Waals surface area contributed by atoms with E-state index in [1.54, 1.807) is 6.20 Å². The summed E-state index contributed by atoms with van der Waals surface area (Å²) in [6.45, 7) is 8.15. The molecule has 3 N–H and O–H groups in total. The maximum atomic E-state index is 15.1. The summed E-state index contributed by atoms with van der Waals surface area (Å²) in [5.74, 6) is -2.79. The van der Waals surface area contributed by atoms with E-state index in [-0.39, 0.29) is 30.9 Å². The molecule has 1 aromatic heterocycles. The number of amides is 4. The predicted molar refractivity (Wildman–Crippen MR) is 179 cm³/mol. The molecule has 0 radical (unpaired) electrons. The van der Waals surface area contributed by atoms with Gasteiger partial charge in [0.15, 0.2) is 0 Å². The molecule has 4 atom stereocenters. The van der Waals surface area contributed by atoms with Crippen molar-refractivity contribution in [2.24, 2.45) is 11.3 Å². The lowest BCUT2D eigenvalue weighted by atomic mass is 9.83. The number of rotatable bonds is 12. The topological polar surface area (TPSA) is 146 Å². The van der Waals surface area contributed by atoms with Crippen LogP contribution in [0.3, 0.4) is 0 Å². The van der Waals surface area contributed by atoms with Crippen LogP contribution in [0.25, 0.3) is 11.3 Å². The molecule has 0 spiro atoms. The molecular formula is C36H42F2N6O6. The SMILES string of the molecule is C[C@H](O)C(=O)N(C[C@@H]1CNC[C@H]1OC(=O)NCCN1C(=O)C=CC1=O)[C@@H](c1nc(-c2cc(F)ccc2F)cn1Cc1ccccc1)C(C)(C)C. The number of alkyl carbamates (subject to hydrolysis) is 1. The Bertz CT molecular complexity index is 1740. The number of carbonyl (C=O) groups is 4. The first-order valence-electron chi connectivity index (χ1n) is 16.5. The Morgan fingerprint density at radius 1 is 1.10 bits per heavy atom. The zero-order chi connectivity index (χ0) is 36.2. The zero-order valence-electron chi connectivity index (χ0n) is 28.4. The van der Waals surface area contributed by atoms with Crippen molar-refractivity contribution in [1.82, 2.24) is 30.0 Å². The first kappa shape index (κ1) is 36.3. The molecule has 4 amide bonds. The van der Waals surface area contributed by atoms with E-state index in [1.807, 2.05) is 55.7 Å². The second-order valence-electron chi connectivity index (χ2n) is 13.6. The number of halogens is 2. The highest BCUT2D eigenvalue weighted by Crippen LogP contribution is 2.40. The largest absolute Gasteiger partial charge is 0.444 e. The Morgan fingerprint density at radius 3 is 2.46 bits per heavy atom. The molecule has 50 heavy (non-hydrogen) atoms. The van der Waals surface area contributed by atoms with Crippen molar-refractivity contribution in [1.29, 1.82) is 0 Å². The van der Waals surface area contributed by atoms with Gasteiger partial charge in [0.1, 0.15) is 29.7 Å². The summed E-state index contributed by atoms with van der Waals surface area (Å²) in [7, 11) is 0. The van der Waals surface area contributed by atoms with Gasteiger partial charge in [0.25, 0.3) is 17.7 Å². The predicted octanol–water partition coefficient (Wildman–Crippen LogP) is 3.41. The van der Waals surface area contributed by atoms with E-state index in [2.05, 4.69) is 10.6 Å². The third kappa shape index (κ3) is 8.43. The average molecular weight is 693 g/mol. The second-order valence-corrected chi connectivity index (χ2v) is 13.6. The standard InChI is InChI=1S/C36H42F2N6O6/c1-22(45)34(48)44(20-24-17-39-18-29(24)50-35(49)40-14-15-43-30(46)12-13-31(43)47)32(36(2,3)4)33-41-28(26-16-25(37)10-11-27(26)38)21-42(33)19-23-8-6-5-7-9-23/h5-13,16,21-22,24,29,32,39,45H,14-15,17-20H2,1-4H3,(H,40,49)/t22-,24-,29+,32-/m0/s1. The van der Waals surface area contributed by atoms with E-state index in [1.165, 1.54) is 11.8 Å². The van der Waals surface area contributed by atoms with Crippen molar-refractivity contribution in [3.63, 3.8) is 0 Å². The lowest BCUT2D eigenvalue weighted by Gasteiger charge is -2.42. The van der Waals surface area contributed by atoms with E-state index in [0.717, 1.165) is 40.8 Å². The molecule has 5 rings (SSSR count). The molecule has 0 bridgehead atoms. The molecule has 14 heteroatoms. The van der Waals surface area contributed by atoms with Gasteiger partial charge in [0, 0.05) is 69.1 Å². The van der Waals surface area contributed by atoms with E-state index >= 15 is 4.39 Å². The van der Waals surface area contributed by atoms with Gasteiger partial charge in [-0.15, -0.1) is 0 Å². The molecule has 0 unspecified atom stereocenters. The van der Waals surface area contributed by atoms with E-state index in [4.69, 9.17) is 9.72 Å². The molecule has 1 fully saturated rings. The van der Waals surface area contributed by atoms with Crippen LogP contribution < -0.4 is 10.6 Å². The van der Waals surface area contributed by atoms with Crippen molar-refractivity contribution < 1.29 is 37.8 Å². The first-order chi connectivity index (χ1) is 23.7. The summed E-state index contributed by atoms with van der Waals surface area (Å²) in [5, 5.41) is 16.4. The minimum atomic E-state index is -1.39. The molecule has 0 aliphatic carbocycles. The number of imide groups is 1. The number of benzene rings is 2. The maximum Gasteiger partial charge on any atom is 0.407 e. The molecule has 12 nitrogen and oxygen atoms in total. The van der Waals surface area contributed by atoms with Crippen molar-refractivity contribution in [3.8, 4) is 11.3 Å². The van der Waals surface area contributed by atoms with Gasteiger partial charge < -0.3 is 29.9 Å². The number of aliphatic hydroxyl groups excluding tert-OH is 1. The molecule has 2 aliphatic heterocycles. The third-order valence-electron chi connectivity index (χ3n) is 8.70. The normalized spacial score (nSPS) is 18.7. The lowest BCUT2D eigenvalue weighted by Crippen LogP contribution is -2.50. The Balaban J connectivity index is 1.44. The summed E-state index contributed by atoms with van der Waals surface area (Å²) < 4.78 is 36.9. The molecular weight excluding hydrogens is 650 g/mol. The first-order valence-corrected chi connectivity index (χ1v) is 16.5. The fourth-order valence-corrected chi connectivity index (χ4v) is 6.32. The van der Waals surface area contributed by atoms with Crippen molar-refractivity contribution in [2.75, 3.05) is 32.7 Å². The summed E-state index contributed by atoms with van der Waals surface area (Å²) in [5.41, 5.74) is 0.363. The van der Waals surface area contributed by atoms with E-state index < -0.39 is 65.0 Å². The van der Waals surface area contributed by atoms with Crippen molar-refractivity contribution in [3.05, 3.63) is 89.9 Å². The number of imidazole rings is 1. The van der Waals surface area contributed by atoms with Gasteiger partial charge >= 0.3 is 6.09 Å². The monoisotopic (exact) mass is 692 g/mol. The Morgan fingerprint density at radius 2 is 1.80 bits per heavy atom. The minimum Gasteiger partial charge on any atom is -0.444 e. The Hall–Kier alpha value is -4.95. The number of nitrogens with zero attached hydrogens (tertiary/aromatic N) is 4. The van der Waals surface area contributed by atoms with Gasteiger partial charge in [-0.3, -0.25) is 19.3 Å². The summed E-state index contributed by atoms with van der Waals surface area (Å²) in [6.07, 6.45) is 1.15. The van der Waals surface area contributed by atoms with E-state index in [9.17, 15) is 28.7 Å². The van der Waals surface area contributed by atoms with Crippen LogP contribution in [-0.4, -0.2) is 93.2 Å². The Labute approximate surface area is 289 Å². The maximum absolute atomic E-state index is 15.1. The van der Waals surface area contributed by atoms with Crippen LogP contribution >= 0.6 is 0 Å². The van der Waals surface area contributed by atoms with Crippen molar-refractivity contribution >= 4 is 23.8 Å².